The van der Waals surface area contributed by atoms with Gasteiger partial charge in [0.1, 0.15) is 0 Å². The number of rotatable bonds is 6. The predicted molar refractivity (Wildman–Crippen MR) is 97.4 cm³/mol. The van der Waals surface area contributed by atoms with Crippen LogP contribution in [-0.2, 0) is 11.2 Å². The van der Waals surface area contributed by atoms with Crippen molar-refractivity contribution in [3.8, 4) is 0 Å². The molecule has 5 nitrogen and oxygen atoms in total. The second-order valence-corrected chi connectivity index (χ2v) is 7.24. The Labute approximate surface area is 150 Å². The highest BCUT2D eigenvalue weighted by molar-refractivity contribution is 5.74. The van der Waals surface area contributed by atoms with Crippen molar-refractivity contribution in [1.29, 1.82) is 0 Å². The molecule has 2 N–H and O–H groups in total. The molecule has 1 aliphatic heterocycles. The standard InChI is InChI=1S/C20H30N2O3/c1-2-25-18-15-17(23)20(18)10-13-22(14-11-20)19(24)21-12-6-9-16-7-4-3-5-8-16/h3-5,7-8,17-18,23H,2,6,9-15H2,1H3,(H,21,24)/t17-,18-/m1/s1. The van der Waals surface area contributed by atoms with E-state index in [0.29, 0.717) is 26.2 Å². The maximum Gasteiger partial charge on any atom is 0.317 e. The fourth-order valence-corrected chi connectivity index (χ4v) is 4.19. The summed E-state index contributed by atoms with van der Waals surface area (Å²) in [6.45, 7) is 4.77. The Balaban J connectivity index is 1.38. The van der Waals surface area contributed by atoms with Gasteiger partial charge in [-0.1, -0.05) is 30.3 Å². The predicted octanol–water partition coefficient (Wildman–Crippen LogP) is 2.58. The molecule has 0 bridgehead atoms. The van der Waals surface area contributed by atoms with Crippen LogP contribution in [0.2, 0.25) is 0 Å². The first-order valence-corrected chi connectivity index (χ1v) is 9.52. The molecular formula is C20H30N2O3. The number of benzene rings is 1. The van der Waals surface area contributed by atoms with Crippen LogP contribution in [0, 0.1) is 5.41 Å². The van der Waals surface area contributed by atoms with Crippen molar-refractivity contribution in [2.75, 3.05) is 26.2 Å². The molecule has 1 aliphatic carbocycles. The summed E-state index contributed by atoms with van der Waals surface area (Å²) < 4.78 is 5.78. The third kappa shape index (κ3) is 3.98. The number of aliphatic hydroxyl groups is 1. The van der Waals surface area contributed by atoms with Crippen LogP contribution in [0.15, 0.2) is 30.3 Å². The van der Waals surface area contributed by atoms with E-state index in [4.69, 9.17) is 4.74 Å². The fraction of sp³-hybridized carbons (Fsp3) is 0.650. The molecular weight excluding hydrogens is 316 g/mol. The third-order valence-corrected chi connectivity index (χ3v) is 5.85. The molecule has 0 radical (unpaired) electrons. The lowest BCUT2D eigenvalue weighted by molar-refractivity contribution is -0.207. The highest BCUT2D eigenvalue weighted by atomic mass is 16.5. The van der Waals surface area contributed by atoms with Gasteiger partial charge in [0, 0.05) is 38.1 Å². The molecule has 1 spiro atoms. The number of hydrogen-bond donors (Lipinski definition) is 2. The van der Waals surface area contributed by atoms with E-state index in [2.05, 4.69) is 17.4 Å². The Kier molecular flexibility index (Phi) is 5.97. The highest BCUT2D eigenvalue weighted by Gasteiger charge is 2.56. The first-order chi connectivity index (χ1) is 12.2. The molecule has 1 aromatic rings. The molecule has 2 amide bonds. The third-order valence-electron chi connectivity index (χ3n) is 5.85. The van der Waals surface area contributed by atoms with Crippen LogP contribution < -0.4 is 5.32 Å². The highest BCUT2D eigenvalue weighted by Crippen LogP contribution is 2.50. The van der Waals surface area contributed by atoms with Crippen molar-refractivity contribution < 1.29 is 14.6 Å². The van der Waals surface area contributed by atoms with E-state index in [1.807, 2.05) is 30.0 Å². The molecule has 1 saturated carbocycles. The number of nitrogens with zero attached hydrogens (tertiary/aromatic N) is 1. The Morgan fingerprint density at radius 1 is 1.32 bits per heavy atom. The van der Waals surface area contributed by atoms with Crippen molar-refractivity contribution in [3.05, 3.63) is 35.9 Å². The molecule has 25 heavy (non-hydrogen) atoms. The van der Waals surface area contributed by atoms with E-state index < -0.39 is 0 Å². The normalized spacial score (nSPS) is 24.8. The lowest BCUT2D eigenvalue weighted by atomic mass is 9.58. The minimum atomic E-state index is -0.278. The molecule has 3 rings (SSSR count). The van der Waals surface area contributed by atoms with E-state index in [-0.39, 0.29) is 23.7 Å². The minimum Gasteiger partial charge on any atom is -0.392 e. The molecule has 1 aromatic carbocycles. The zero-order valence-electron chi connectivity index (χ0n) is 15.1. The summed E-state index contributed by atoms with van der Waals surface area (Å²) in [5, 5.41) is 13.3. The van der Waals surface area contributed by atoms with E-state index in [9.17, 15) is 9.90 Å². The second-order valence-electron chi connectivity index (χ2n) is 7.24. The van der Waals surface area contributed by atoms with Crippen LogP contribution in [0.25, 0.3) is 0 Å². The van der Waals surface area contributed by atoms with Crippen molar-refractivity contribution in [2.45, 2.75) is 51.2 Å². The van der Waals surface area contributed by atoms with Crippen LogP contribution in [0.5, 0.6) is 0 Å². The number of aliphatic hydroxyl groups excluding tert-OH is 1. The van der Waals surface area contributed by atoms with Crippen molar-refractivity contribution in [1.82, 2.24) is 10.2 Å². The van der Waals surface area contributed by atoms with Gasteiger partial charge in [0.2, 0.25) is 0 Å². The Morgan fingerprint density at radius 3 is 2.68 bits per heavy atom. The summed E-state index contributed by atoms with van der Waals surface area (Å²) in [4.78, 5) is 14.2. The average Bonchev–Trinajstić information content (AvgIpc) is 2.66. The molecule has 2 aliphatic rings. The Morgan fingerprint density at radius 2 is 2.04 bits per heavy atom. The SMILES string of the molecule is CCO[C@@H]1C[C@@H](O)C12CCN(C(=O)NCCCc1ccccc1)CC2. The minimum absolute atomic E-state index is 0.0182. The van der Waals surface area contributed by atoms with Crippen molar-refractivity contribution in [3.63, 3.8) is 0 Å². The quantitative estimate of drug-likeness (QED) is 0.778. The number of urea groups is 1. The van der Waals surface area contributed by atoms with E-state index in [1.165, 1.54) is 5.56 Å². The summed E-state index contributed by atoms with van der Waals surface area (Å²) in [6.07, 6.45) is 4.20. The van der Waals surface area contributed by atoms with Crippen LogP contribution in [0.1, 0.15) is 38.2 Å². The molecule has 1 heterocycles. The lowest BCUT2D eigenvalue weighted by Gasteiger charge is -2.56. The molecule has 0 unspecified atom stereocenters. The number of amides is 2. The molecule has 1 saturated heterocycles. The first-order valence-electron chi connectivity index (χ1n) is 9.52. The van der Waals surface area contributed by atoms with Crippen LogP contribution in [0.3, 0.4) is 0 Å². The first kappa shape index (κ1) is 18.2. The maximum atomic E-state index is 12.3. The fourth-order valence-electron chi connectivity index (χ4n) is 4.19. The van der Waals surface area contributed by atoms with Gasteiger partial charge < -0.3 is 20.1 Å². The summed E-state index contributed by atoms with van der Waals surface area (Å²) in [7, 11) is 0. The monoisotopic (exact) mass is 346 g/mol. The van der Waals surface area contributed by atoms with Crippen LogP contribution in [0.4, 0.5) is 4.79 Å². The number of hydrogen-bond acceptors (Lipinski definition) is 3. The summed E-state index contributed by atoms with van der Waals surface area (Å²) in [5.74, 6) is 0. The zero-order valence-corrected chi connectivity index (χ0v) is 15.1. The van der Waals surface area contributed by atoms with Gasteiger partial charge in [0.15, 0.2) is 0 Å². The number of carbonyl (C=O) groups excluding carboxylic acids is 1. The number of ether oxygens (including phenoxy) is 1. The van der Waals surface area contributed by atoms with E-state index in [1.54, 1.807) is 0 Å². The van der Waals surface area contributed by atoms with Crippen LogP contribution in [-0.4, -0.2) is 54.5 Å². The smallest absolute Gasteiger partial charge is 0.317 e. The number of piperidine rings is 1. The molecule has 5 heteroatoms. The van der Waals surface area contributed by atoms with Gasteiger partial charge in [-0.3, -0.25) is 0 Å². The second kappa shape index (κ2) is 8.19. The zero-order chi connectivity index (χ0) is 17.7. The molecule has 2 fully saturated rings. The van der Waals surface area contributed by atoms with Gasteiger partial charge in [-0.25, -0.2) is 4.79 Å². The molecule has 0 aromatic heterocycles. The van der Waals surface area contributed by atoms with Gasteiger partial charge in [0.25, 0.3) is 0 Å². The molecule has 138 valence electrons. The summed E-state index contributed by atoms with van der Waals surface area (Å²) >= 11 is 0. The largest absolute Gasteiger partial charge is 0.392 e. The van der Waals surface area contributed by atoms with Crippen LogP contribution >= 0.6 is 0 Å². The van der Waals surface area contributed by atoms with Gasteiger partial charge in [-0.2, -0.15) is 0 Å². The van der Waals surface area contributed by atoms with Gasteiger partial charge in [0.05, 0.1) is 12.2 Å². The summed E-state index contributed by atoms with van der Waals surface area (Å²) in [6, 6.07) is 10.4. The van der Waals surface area contributed by atoms with Crippen molar-refractivity contribution in [2.24, 2.45) is 5.41 Å². The Hall–Kier alpha value is -1.59. The van der Waals surface area contributed by atoms with Crippen molar-refractivity contribution >= 4 is 6.03 Å². The maximum absolute atomic E-state index is 12.3. The summed E-state index contributed by atoms with van der Waals surface area (Å²) in [5.41, 5.74) is 1.18. The number of nitrogens with one attached hydrogen (secondary N) is 1. The van der Waals surface area contributed by atoms with E-state index in [0.717, 1.165) is 32.1 Å². The molecule has 2 atom stereocenters. The van der Waals surface area contributed by atoms with E-state index >= 15 is 0 Å². The number of aryl methyl sites for hydroxylation is 1. The van der Waals surface area contributed by atoms with Gasteiger partial charge >= 0.3 is 6.03 Å². The van der Waals surface area contributed by atoms with Gasteiger partial charge in [-0.05, 0) is 38.2 Å². The topological polar surface area (TPSA) is 61.8 Å². The van der Waals surface area contributed by atoms with Gasteiger partial charge in [-0.15, -0.1) is 0 Å². The number of likely N-dealkylation sites (tertiary alicyclic amines) is 1. The Bertz CT molecular complexity index is 553. The average molecular weight is 346 g/mol. The lowest BCUT2D eigenvalue weighted by Crippen LogP contribution is -2.63. The number of carbonyl (C=O) groups is 1.